The molecule has 0 radical (unpaired) electrons. The molecule has 1 rings (SSSR count). The first-order valence-corrected chi connectivity index (χ1v) is 5.52. The van der Waals surface area contributed by atoms with Gasteiger partial charge < -0.3 is 0 Å². The normalized spacial score (nSPS) is 12.6. The fourth-order valence-electron chi connectivity index (χ4n) is 1.81. The Morgan fingerprint density at radius 1 is 0.933 bits per heavy atom. The van der Waals surface area contributed by atoms with E-state index in [0.29, 0.717) is 0 Å². The predicted octanol–water partition coefficient (Wildman–Crippen LogP) is 4.45. The molecule has 0 aliphatic carbocycles. The van der Waals surface area contributed by atoms with Gasteiger partial charge in [-0.1, -0.05) is 65.0 Å². The Bertz CT molecular complexity index is 351. The first-order chi connectivity index (χ1) is 6.79. The van der Waals surface area contributed by atoms with Crippen molar-refractivity contribution in [3.63, 3.8) is 0 Å². The molecule has 0 heterocycles. The molecule has 1 aromatic carbocycles. The summed E-state index contributed by atoms with van der Waals surface area (Å²) in [5, 5.41) is 0. The van der Waals surface area contributed by atoms with Gasteiger partial charge in [-0.2, -0.15) is 0 Å². The van der Waals surface area contributed by atoms with Crippen molar-refractivity contribution in [1.29, 1.82) is 0 Å². The summed E-state index contributed by atoms with van der Waals surface area (Å²) in [6.45, 7) is 15.1. The van der Waals surface area contributed by atoms with E-state index in [4.69, 9.17) is 0 Å². The molecule has 0 spiro atoms. The molecule has 0 fully saturated rings. The Kier molecular flexibility index (Phi) is 3.08. The molecular weight excluding hydrogens is 180 g/mol. The number of hydrogen-bond acceptors (Lipinski definition) is 0. The zero-order chi connectivity index (χ0) is 11.7. The summed E-state index contributed by atoms with van der Waals surface area (Å²) in [4.78, 5) is 0. The second-order valence-electron chi connectivity index (χ2n) is 5.72. The van der Waals surface area contributed by atoms with Crippen LogP contribution in [0.15, 0.2) is 36.9 Å². The second-order valence-corrected chi connectivity index (χ2v) is 5.72. The van der Waals surface area contributed by atoms with E-state index in [1.165, 1.54) is 11.1 Å². The van der Waals surface area contributed by atoms with Crippen molar-refractivity contribution in [2.45, 2.75) is 45.4 Å². The van der Waals surface area contributed by atoms with Crippen LogP contribution in [0.3, 0.4) is 0 Å². The minimum atomic E-state index is 0.0455. The third-order valence-electron chi connectivity index (χ3n) is 2.94. The number of rotatable bonds is 2. The highest BCUT2D eigenvalue weighted by molar-refractivity contribution is 5.40. The summed E-state index contributed by atoms with van der Waals surface area (Å²) >= 11 is 0. The Morgan fingerprint density at radius 3 is 1.80 bits per heavy atom. The summed E-state index contributed by atoms with van der Waals surface area (Å²) in [5.41, 5.74) is 3.03. The maximum atomic E-state index is 3.93. The quantitative estimate of drug-likeness (QED) is 0.622. The van der Waals surface area contributed by atoms with E-state index in [1.807, 2.05) is 6.08 Å². The van der Waals surface area contributed by atoms with Crippen LogP contribution in [0.4, 0.5) is 0 Å². The molecule has 15 heavy (non-hydrogen) atoms. The van der Waals surface area contributed by atoms with Gasteiger partial charge in [-0.25, -0.2) is 0 Å². The van der Waals surface area contributed by atoms with Crippen LogP contribution in [-0.2, 0) is 10.8 Å². The van der Waals surface area contributed by atoms with Crippen molar-refractivity contribution >= 4 is 0 Å². The van der Waals surface area contributed by atoms with E-state index >= 15 is 0 Å². The summed E-state index contributed by atoms with van der Waals surface area (Å²) < 4.78 is 0. The molecule has 82 valence electrons. The summed E-state index contributed by atoms with van der Waals surface area (Å²) in [5.74, 6) is 0. The van der Waals surface area contributed by atoms with Crippen molar-refractivity contribution in [2.75, 3.05) is 0 Å². The van der Waals surface area contributed by atoms with Gasteiger partial charge in [0.15, 0.2) is 0 Å². The van der Waals surface area contributed by atoms with Crippen molar-refractivity contribution in [1.82, 2.24) is 0 Å². The topological polar surface area (TPSA) is 0 Å². The summed E-state index contributed by atoms with van der Waals surface area (Å²) in [6, 6.07) is 8.65. The first kappa shape index (κ1) is 12.0. The lowest BCUT2D eigenvalue weighted by Crippen LogP contribution is -2.22. The van der Waals surface area contributed by atoms with Crippen LogP contribution >= 0.6 is 0 Å². The molecule has 0 unspecified atom stereocenters. The van der Waals surface area contributed by atoms with Gasteiger partial charge in [0.2, 0.25) is 0 Å². The molecule has 0 nitrogen and oxygen atoms in total. The maximum absolute atomic E-state index is 3.93. The van der Waals surface area contributed by atoms with E-state index in [0.717, 1.165) is 0 Å². The SMILES string of the molecule is C=CC(C)(C)c1ccccc1C(C)(C)C. The number of benzene rings is 1. The van der Waals surface area contributed by atoms with E-state index in [-0.39, 0.29) is 10.8 Å². The van der Waals surface area contributed by atoms with E-state index < -0.39 is 0 Å². The lowest BCUT2D eigenvalue weighted by atomic mass is 9.74. The van der Waals surface area contributed by atoms with Gasteiger partial charge in [-0.3, -0.25) is 0 Å². The van der Waals surface area contributed by atoms with Crippen LogP contribution in [0, 0.1) is 0 Å². The highest BCUT2D eigenvalue weighted by Gasteiger charge is 2.25. The molecule has 0 amide bonds. The van der Waals surface area contributed by atoms with Gasteiger partial charge in [-0.05, 0) is 16.5 Å². The molecule has 0 aliphatic rings. The van der Waals surface area contributed by atoms with Gasteiger partial charge in [0.1, 0.15) is 0 Å². The van der Waals surface area contributed by atoms with Crippen molar-refractivity contribution in [3.8, 4) is 0 Å². The highest BCUT2D eigenvalue weighted by Crippen LogP contribution is 2.34. The van der Waals surface area contributed by atoms with Crippen LogP contribution in [0.25, 0.3) is 0 Å². The standard InChI is InChI=1S/C15H22/c1-7-15(5,6)13-11-9-8-10-12(13)14(2,3)4/h7-11H,1H2,2-6H3. The smallest absolute Gasteiger partial charge is 0.00756 e. The molecule has 0 heteroatoms. The zero-order valence-corrected chi connectivity index (χ0v) is 10.6. The minimum absolute atomic E-state index is 0.0455. The molecule has 0 aromatic heterocycles. The fraction of sp³-hybridized carbons (Fsp3) is 0.467. The molecule has 0 saturated heterocycles. The van der Waals surface area contributed by atoms with Crippen LogP contribution in [0.2, 0.25) is 0 Å². The molecule has 0 atom stereocenters. The van der Waals surface area contributed by atoms with Crippen molar-refractivity contribution < 1.29 is 0 Å². The van der Waals surface area contributed by atoms with Crippen LogP contribution < -0.4 is 0 Å². The average Bonchev–Trinajstić information content (AvgIpc) is 2.16. The van der Waals surface area contributed by atoms with Gasteiger partial charge >= 0.3 is 0 Å². The van der Waals surface area contributed by atoms with Crippen molar-refractivity contribution in [3.05, 3.63) is 48.0 Å². The Labute approximate surface area is 94.0 Å². The molecule has 0 saturated carbocycles. The van der Waals surface area contributed by atoms with Gasteiger partial charge in [0.25, 0.3) is 0 Å². The van der Waals surface area contributed by atoms with Gasteiger partial charge in [-0.15, -0.1) is 6.58 Å². The Morgan fingerprint density at radius 2 is 1.40 bits per heavy atom. The second kappa shape index (κ2) is 3.84. The maximum Gasteiger partial charge on any atom is 0.00756 e. The number of hydrogen-bond donors (Lipinski definition) is 0. The van der Waals surface area contributed by atoms with Crippen LogP contribution in [-0.4, -0.2) is 0 Å². The van der Waals surface area contributed by atoms with Gasteiger partial charge in [0.05, 0.1) is 0 Å². The highest BCUT2D eigenvalue weighted by atomic mass is 14.3. The van der Waals surface area contributed by atoms with Crippen LogP contribution in [0.5, 0.6) is 0 Å². The monoisotopic (exact) mass is 202 g/mol. The largest absolute Gasteiger partial charge is 0.102 e. The summed E-state index contributed by atoms with van der Waals surface area (Å²) in [6.07, 6.45) is 2.03. The lowest BCUT2D eigenvalue weighted by molar-refractivity contribution is 0.557. The van der Waals surface area contributed by atoms with Crippen LogP contribution in [0.1, 0.15) is 45.7 Å². The Hall–Kier alpha value is -1.04. The Balaban J connectivity index is 3.37. The molecular formula is C15H22. The fourth-order valence-corrected chi connectivity index (χ4v) is 1.81. The lowest BCUT2D eigenvalue weighted by Gasteiger charge is -2.30. The molecule has 0 bridgehead atoms. The summed E-state index contributed by atoms with van der Waals surface area (Å²) in [7, 11) is 0. The third kappa shape index (κ3) is 2.50. The molecule has 0 N–H and O–H groups in total. The molecule has 1 aromatic rings. The van der Waals surface area contributed by atoms with E-state index in [1.54, 1.807) is 0 Å². The average molecular weight is 202 g/mol. The minimum Gasteiger partial charge on any atom is -0.102 e. The van der Waals surface area contributed by atoms with E-state index in [2.05, 4.69) is 65.5 Å². The van der Waals surface area contributed by atoms with Gasteiger partial charge in [0, 0.05) is 5.41 Å². The predicted molar refractivity (Wildman–Crippen MR) is 68.4 cm³/mol. The van der Waals surface area contributed by atoms with E-state index in [9.17, 15) is 0 Å². The third-order valence-corrected chi connectivity index (χ3v) is 2.94. The van der Waals surface area contributed by atoms with Crippen molar-refractivity contribution in [2.24, 2.45) is 0 Å². The zero-order valence-electron chi connectivity index (χ0n) is 10.6. The number of allylic oxidation sites excluding steroid dienone is 1. The molecule has 0 aliphatic heterocycles. The first-order valence-electron chi connectivity index (χ1n) is 5.52.